The van der Waals surface area contributed by atoms with Gasteiger partial charge in [-0.05, 0) is 64.3 Å². The van der Waals surface area contributed by atoms with Crippen molar-refractivity contribution in [1.82, 2.24) is 0 Å². The Morgan fingerprint density at radius 3 is 1.90 bits per heavy atom. The van der Waals surface area contributed by atoms with Gasteiger partial charge in [0.05, 0.1) is 11.1 Å². The molecule has 0 aliphatic carbocycles. The van der Waals surface area contributed by atoms with E-state index in [1.54, 1.807) is 30.3 Å². The Labute approximate surface area is 183 Å². The molecule has 0 aromatic heterocycles. The van der Waals surface area contributed by atoms with E-state index in [2.05, 4.69) is 26.8 Å². The molecule has 4 nitrogen and oxygen atoms in total. The van der Waals surface area contributed by atoms with Crippen molar-refractivity contribution in [3.63, 3.8) is 0 Å². The molecule has 0 saturated carbocycles. The quantitative estimate of drug-likeness (QED) is 0.419. The largest absolute Gasteiger partial charge is 0.478 e. The molecule has 2 N–H and O–H groups in total. The minimum absolute atomic E-state index is 0.207. The zero-order valence-electron chi connectivity index (χ0n) is 18.2. The van der Waals surface area contributed by atoms with Gasteiger partial charge in [0.2, 0.25) is 0 Å². The molecule has 0 atom stereocenters. The monoisotopic (exact) mass is 416 g/mol. The molecule has 3 aromatic carbocycles. The minimum Gasteiger partial charge on any atom is -0.478 e. The molecule has 0 fully saturated rings. The summed E-state index contributed by atoms with van der Waals surface area (Å²) in [5.41, 5.74) is 5.38. The molecule has 0 saturated heterocycles. The van der Waals surface area contributed by atoms with Crippen molar-refractivity contribution in [2.75, 3.05) is 0 Å². The number of carbonyl (C=O) groups is 2. The fourth-order valence-corrected chi connectivity index (χ4v) is 3.95. The normalized spacial score (nSPS) is 11.0. The van der Waals surface area contributed by atoms with Crippen LogP contribution >= 0.6 is 0 Å². The Kier molecular flexibility index (Phi) is 6.91. The van der Waals surface area contributed by atoms with Crippen LogP contribution in [0.2, 0.25) is 0 Å². The van der Waals surface area contributed by atoms with E-state index in [4.69, 9.17) is 0 Å². The molecule has 0 bridgehead atoms. The average molecular weight is 417 g/mol. The van der Waals surface area contributed by atoms with Crippen LogP contribution in [-0.4, -0.2) is 22.2 Å². The molecule has 3 rings (SSSR count). The van der Waals surface area contributed by atoms with Crippen molar-refractivity contribution in [3.05, 3.63) is 82.9 Å². The van der Waals surface area contributed by atoms with Crippen LogP contribution < -0.4 is 0 Å². The van der Waals surface area contributed by atoms with Gasteiger partial charge in [0.1, 0.15) is 0 Å². The molecule has 0 aliphatic heterocycles. The van der Waals surface area contributed by atoms with Crippen molar-refractivity contribution in [2.45, 2.75) is 46.0 Å². The molecule has 31 heavy (non-hydrogen) atoms. The number of hydrogen-bond acceptors (Lipinski definition) is 2. The van der Waals surface area contributed by atoms with Crippen molar-refractivity contribution >= 4 is 11.9 Å². The SMILES string of the molecule is CCCCc1cc(C(C)C)cc(-c2ccccc2C(=O)O)c1-c1ccccc1C(=O)O. The maximum absolute atomic E-state index is 12.0. The first-order chi connectivity index (χ1) is 14.8. The smallest absolute Gasteiger partial charge is 0.336 e. The third-order valence-electron chi connectivity index (χ3n) is 5.58. The number of hydrogen-bond donors (Lipinski definition) is 2. The van der Waals surface area contributed by atoms with E-state index in [1.807, 2.05) is 24.3 Å². The van der Waals surface area contributed by atoms with Gasteiger partial charge in [-0.2, -0.15) is 0 Å². The topological polar surface area (TPSA) is 74.6 Å². The first kappa shape index (κ1) is 22.3. The van der Waals surface area contributed by atoms with Gasteiger partial charge in [-0.3, -0.25) is 0 Å². The second-order valence-electron chi connectivity index (χ2n) is 8.06. The molecule has 0 amide bonds. The lowest BCUT2D eigenvalue weighted by Crippen LogP contribution is -2.06. The van der Waals surface area contributed by atoms with Crippen LogP contribution in [0.25, 0.3) is 22.3 Å². The summed E-state index contributed by atoms with van der Waals surface area (Å²) in [7, 11) is 0. The second kappa shape index (κ2) is 9.61. The number of benzene rings is 3. The van der Waals surface area contributed by atoms with E-state index >= 15 is 0 Å². The summed E-state index contributed by atoms with van der Waals surface area (Å²) in [6, 6.07) is 18.1. The number of aromatic carboxylic acids is 2. The Morgan fingerprint density at radius 2 is 1.35 bits per heavy atom. The van der Waals surface area contributed by atoms with Crippen molar-refractivity contribution in [2.24, 2.45) is 0 Å². The van der Waals surface area contributed by atoms with E-state index in [0.717, 1.165) is 41.5 Å². The highest BCUT2D eigenvalue weighted by Gasteiger charge is 2.22. The Hall–Kier alpha value is -3.40. The van der Waals surface area contributed by atoms with Crippen LogP contribution in [0.3, 0.4) is 0 Å². The maximum atomic E-state index is 12.0. The molecule has 0 radical (unpaired) electrons. The van der Waals surface area contributed by atoms with Gasteiger partial charge in [-0.1, -0.05) is 75.7 Å². The van der Waals surface area contributed by atoms with Crippen LogP contribution in [0.15, 0.2) is 60.7 Å². The predicted octanol–water partition coefficient (Wildman–Crippen LogP) is 6.88. The third kappa shape index (κ3) is 4.69. The van der Waals surface area contributed by atoms with Crippen LogP contribution in [0.1, 0.15) is 71.4 Å². The molecule has 160 valence electrons. The summed E-state index contributed by atoms with van der Waals surface area (Å²) in [6.07, 6.45) is 2.76. The second-order valence-corrected chi connectivity index (χ2v) is 8.06. The van der Waals surface area contributed by atoms with E-state index in [9.17, 15) is 19.8 Å². The Balaban J connectivity index is 2.46. The van der Waals surface area contributed by atoms with Gasteiger partial charge < -0.3 is 10.2 Å². The first-order valence-electron chi connectivity index (χ1n) is 10.7. The maximum Gasteiger partial charge on any atom is 0.336 e. The highest BCUT2D eigenvalue weighted by Crippen LogP contribution is 2.41. The zero-order chi connectivity index (χ0) is 22.5. The van der Waals surface area contributed by atoms with Crippen LogP contribution in [0.4, 0.5) is 0 Å². The van der Waals surface area contributed by atoms with E-state index < -0.39 is 11.9 Å². The zero-order valence-corrected chi connectivity index (χ0v) is 18.2. The lowest BCUT2D eigenvalue weighted by Gasteiger charge is -2.21. The third-order valence-corrected chi connectivity index (χ3v) is 5.58. The summed E-state index contributed by atoms with van der Waals surface area (Å²) in [4.78, 5) is 24.0. The number of carboxylic acid groups (broad SMARTS) is 2. The molecule has 0 spiro atoms. The minimum atomic E-state index is -1.00. The van der Waals surface area contributed by atoms with Crippen LogP contribution in [0.5, 0.6) is 0 Å². The number of unbranched alkanes of at least 4 members (excludes halogenated alkanes) is 1. The van der Waals surface area contributed by atoms with Gasteiger partial charge >= 0.3 is 11.9 Å². The summed E-state index contributed by atoms with van der Waals surface area (Å²) in [5.74, 6) is -1.75. The highest BCUT2D eigenvalue weighted by atomic mass is 16.4. The fourth-order valence-electron chi connectivity index (χ4n) is 3.95. The van der Waals surface area contributed by atoms with E-state index in [0.29, 0.717) is 11.1 Å². The number of aryl methyl sites for hydroxylation is 1. The molecule has 0 heterocycles. The summed E-state index contributed by atoms with van der Waals surface area (Å²) in [5, 5.41) is 19.7. The first-order valence-corrected chi connectivity index (χ1v) is 10.7. The number of rotatable bonds is 8. The molecular weight excluding hydrogens is 388 g/mol. The lowest BCUT2D eigenvalue weighted by atomic mass is 9.82. The molecule has 0 aliphatic rings. The van der Waals surface area contributed by atoms with Gasteiger partial charge in [0, 0.05) is 0 Å². The van der Waals surface area contributed by atoms with Gasteiger partial charge in [-0.15, -0.1) is 0 Å². The van der Waals surface area contributed by atoms with Gasteiger partial charge in [-0.25, -0.2) is 9.59 Å². The molecule has 4 heteroatoms. The number of carboxylic acids is 2. The van der Waals surface area contributed by atoms with Crippen molar-refractivity contribution in [1.29, 1.82) is 0 Å². The summed E-state index contributed by atoms with van der Waals surface area (Å²) in [6.45, 7) is 6.34. The van der Waals surface area contributed by atoms with Gasteiger partial charge in [0.15, 0.2) is 0 Å². The predicted molar refractivity (Wildman–Crippen MR) is 124 cm³/mol. The van der Waals surface area contributed by atoms with Crippen LogP contribution in [-0.2, 0) is 6.42 Å². The molecule has 0 unspecified atom stereocenters. The molecule has 3 aromatic rings. The molecular formula is C27H28O4. The van der Waals surface area contributed by atoms with Crippen LogP contribution in [0, 0.1) is 0 Å². The fraction of sp³-hybridized carbons (Fsp3) is 0.259. The summed E-state index contributed by atoms with van der Waals surface area (Å²) < 4.78 is 0. The van der Waals surface area contributed by atoms with Crippen molar-refractivity contribution in [3.8, 4) is 22.3 Å². The summed E-state index contributed by atoms with van der Waals surface area (Å²) >= 11 is 0. The van der Waals surface area contributed by atoms with E-state index in [1.165, 1.54) is 0 Å². The lowest BCUT2D eigenvalue weighted by molar-refractivity contribution is 0.0686. The Morgan fingerprint density at radius 1 is 0.806 bits per heavy atom. The van der Waals surface area contributed by atoms with E-state index in [-0.39, 0.29) is 17.0 Å². The Bertz CT molecular complexity index is 1110. The average Bonchev–Trinajstić information content (AvgIpc) is 2.76. The van der Waals surface area contributed by atoms with Gasteiger partial charge in [0.25, 0.3) is 0 Å². The highest BCUT2D eigenvalue weighted by molar-refractivity contribution is 6.03. The van der Waals surface area contributed by atoms with Crippen molar-refractivity contribution < 1.29 is 19.8 Å². The standard InChI is InChI=1S/C27H28O4/c1-4-5-10-18-15-19(17(2)3)16-24(20-11-6-8-13-22(20)26(28)29)25(18)21-12-7-9-14-23(21)27(30)31/h6-9,11-17H,4-5,10H2,1-3H3,(H,28,29)(H,30,31).